The van der Waals surface area contributed by atoms with Crippen molar-refractivity contribution in [2.24, 2.45) is 0 Å². The predicted molar refractivity (Wildman–Crippen MR) is 90.0 cm³/mol. The lowest BCUT2D eigenvalue weighted by Gasteiger charge is -2.08. The van der Waals surface area contributed by atoms with Crippen LogP contribution in [0.1, 0.15) is 5.56 Å². The van der Waals surface area contributed by atoms with E-state index in [0.717, 1.165) is 11.1 Å². The summed E-state index contributed by atoms with van der Waals surface area (Å²) in [5.74, 6) is 1.28. The number of nitrogens with zero attached hydrogens (tertiary/aromatic N) is 5. The highest BCUT2D eigenvalue weighted by atomic mass is 35.5. The number of rotatable bonds is 3. The molecule has 0 atom stereocenters. The summed E-state index contributed by atoms with van der Waals surface area (Å²) in [6.07, 6.45) is 3.42. The molecule has 0 aliphatic rings. The van der Waals surface area contributed by atoms with Gasteiger partial charge in [0.1, 0.15) is 11.3 Å². The fourth-order valence-electron chi connectivity index (χ4n) is 2.39. The van der Waals surface area contributed by atoms with Gasteiger partial charge in [0, 0.05) is 17.7 Å². The van der Waals surface area contributed by atoms with Crippen LogP contribution < -0.4 is 5.32 Å². The van der Waals surface area contributed by atoms with Crippen LogP contribution >= 0.6 is 11.6 Å². The van der Waals surface area contributed by atoms with E-state index in [0.29, 0.717) is 28.0 Å². The van der Waals surface area contributed by atoms with Crippen molar-refractivity contribution in [2.45, 2.75) is 0 Å². The molecule has 0 bridgehead atoms. The highest BCUT2D eigenvalue weighted by Gasteiger charge is 2.12. The molecule has 7 nitrogen and oxygen atoms in total. The SMILES string of the molecule is N#Cc1cccc(-c2cn3nc(Cl)cc3c(Nc3ccn[nH]3)n2)c1. The van der Waals surface area contributed by atoms with E-state index < -0.39 is 0 Å². The number of hydrogen-bond acceptors (Lipinski definition) is 5. The van der Waals surface area contributed by atoms with E-state index in [4.69, 9.17) is 16.9 Å². The Morgan fingerprint density at radius 1 is 1.25 bits per heavy atom. The van der Waals surface area contributed by atoms with Gasteiger partial charge in [0.15, 0.2) is 11.0 Å². The van der Waals surface area contributed by atoms with Gasteiger partial charge in [-0.15, -0.1) is 0 Å². The Bertz CT molecular complexity index is 1060. The molecule has 0 fully saturated rings. The van der Waals surface area contributed by atoms with Crippen molar-refractivity contribution in [1.29, 1.82) is 5.26 Å². The zero-order chi connectivity index (χ0) is 16.5. The number of nitriles is 1. The average molecular weight is 336 g/mol. The van der Waals surface area contributed by atoms with Crippen molar-refractivity contribution in [3.05, 3.63) is 59.5 Å². The molecule has 1 aromatic carbocycles. The van der Waals surface area contributed by atoms with Gasteiger partial charge in [-0.2, -0.15) is 15.5 Å². The molecule has 0 saturated heterocycles. The summed E-state index contributed by atoms with van der Waals surface area (Å²) in [6.45, 7) is 0. The molecule has 3 heterocycles. The van der Waals surface area contributed by atoms with Crippen LogP contribution in [-0.2, 0) is 0 Å². The fourth-order valence-corrected chi connectivity index (χ4v) is 2.58. The van der Waals surface area contributed by atoms with E-state index in [9.17, 15) is 0 Å². The summed E-state index contributed by atoms with van der Waals surface area (Å²) in [5.41, 5.74) is 2.78. The van der Waals surface area contributed by atoms with Crippen molar-refractivity contribution in [3.63, 3.8) is 0 Å². The first-order chi connectivity index (χ1) is 11.7. The van der Waals surface area contributed by atoms with E-state index >= 15 is 0 Å². The first-order valence-corrected chi connectivity index (χ1v) is 7.43. The molecule has 116 valence electrons. The number of aromatic amines is 1. The Kier molecular flexibility index (Phi) is 3.37. The average Bonchev–Trinajstić information content (AvgIpc) is 3.23. The summed E-state index contributed by atoms with van der Waals surface area (Å²) in [5, 5.41) is 23.6. The van der Waals surface area contributed by atoms with Gasteiger partial charge in [-0.05, 0) is 12.1 Å². The van der Waals surface area contributed by atoms with Crippen molar-refractivity contribution >= 4 is 28.8 Å². The quantitative estimate of drug-likeness (QED) is 0.598. The minimum absolute atomic E-state index is 0.368. The van der Waals surface area contributed by atoms with Crippen molar-refractivity contribution in [3.8, 4) is 17.3 Å². The van der Waals surface area contributed by atoms with Crippen LogP contribution in [0.4, 0.5) is 11.6 Å². The fraction of sp³-hybridized carbons (Fsp3) is 0. The van der Waals surface area contributed by atoms with Crippen LogP contribution in [0.15, 0.2) is 48.8 Å². The third-order valence-corrected chi connectivity index (χ3v) is 3.65. The van der Waals surface area contributed by atoms with E-state index in [2.05, 4.69) is 31.7 Å². The van der Waals surface area contributed by atoms with Gasteiger partial charge in [0.2, 0.25) is 0 Å². The highest BCUT2D eigenvalue weighted by molar-refractivity contribution is 6.29. The normalized spacial score (nSPS) is 10.7. The first-order valence-electron chi connectivity index (χ1n) is 7.06. The second-order valence-electron chi connectivity index (χ2n) is 5.06. The zero-order valence-electron chi connectivity index (χ0n) is 12.2. The van der Waals surface area contributed by atoms with Gasteiger partial charge in [-0.25, -0.2) is 9.50 Å². The van der Waals surface area contributed by atoms with Crippen LogP contribution in [0.2, 0.25) is 5.15 Å². The molecule has 0 unspecified atom stereocenters. The lowest BCUT2D eigenvalue weighted by atomic mass is 10.1. The molecular weight excluding hydrogens is 326 g/mol. The number of nitrogens with one attached hydrogen (secondary N) is 2. The monoisotopic (exact) mass is 335 g/mol. The second-order valence-corrected chi connectivity index (χ2v) is 5.45. The molecule has 3 aromatic heterocycles. The standard InChI is InChI=1S/C16H10ClN7/c17-14-7-13-16(21-15-4-5-19-22-15)20-12(9-24(13)23-14)11-3-1-2-10(6-11)8-18/h1-7,9H,(H2,19,20,21,22). The van der Waals surface area contributed by atoms with Gasteiger partial charge >= 0.3 is 0 Å². The molecule has 4 rings (SSSR count). The lowest BCUT2D eigenvalue weighted by molar-refractivity contribution is 0.950. The maximum absolute atomic E-state index is 9.08. The number of anilines is 2. The van der Waals surface area contributed by atoms with Gasteiger partial charge in [0.05, 0.1) is 29.7 Å². The van der Waals surface area contributed by atoms with Gasteiger partial charge in [-0.3, -0.25) is 5.10 Å². The predicted octanol–water partition coefficient (Wildman–Crippen LogP) is 3.39. The maximum Gasteiger partial charge on any atom is 0.158 e. The first kappa shape index (κ1) is 14.2. The van der Waals surface area contributed by atoms with Crippen molar-refractivity contribution in [2.75, 3.05) is 5.32 Å². The molecule has 0 aliphatic heterocycles. The third-order valence-electron chi connectivity index (χ3n) is 3.47. The van der Waals surface area contributed by atoms with Gasteiger partial charge in [-0.1, -0.05) is 23.7 Å². The van der Waals surface area contributed by atoms with E-state index in [1.54, 1.807) is 41.2 Å². The number of hydrogen-bond donors (Lipinski definition) is 2. The number of aromatic nitrogens is 5. The second kappa shape index (κ2) is 5.68. The van der Waals surface area contributed by atoms with Gasteiger partial charge in [0.25, 0.3) is 0 Å². The molecule has 2 N–H and O–H groups in total. The Balaban J connectivity index is 1.88. The number of halogens is 1. The Morgan fingerprint density at radius 2 is 2.17 bits per heavy atom. The molecule has 0 amide bonds. The smallest absolute Gasteiger partial charge is 0.158 e. The zero-order valence-corrected chi connectivity index (χ0v) is 13.0. The van der Waals surface area contributed by atoms with Crippen LogP contribution in [0.3, 0.4) is 0 Å². The van der Waals surface area contributed by atoms with Crippen LogP contribution in [0.25, 0.3) is 16.8 Å². The van der Waals surface area contributed by atoms with Gasteiger partial charge < -0.3 is 5.32 Å². The minimum atomic E-state index is 0.368. The van der Waals surface area contributed by atoms with E-state index in [1.807, 2.05) is 12.1 Å². The van der Waals surface area contributed by atoms with Crippen LogP contribution in [0.5, 0.6) is 0 Å². The van der Waals surface area contributed by atoms with Crippen LogP contribution in [0, 0.1) is 11.3 Å². The Hall–Kier alpha value is -3.37. The topological polar surface area (TPSA) is 94.7 Å². The number of fused-ring (bicyclic) bond motifs is 1. The maximum atomic E-state index is 9.08. The summed E-state index contributed by atoms with van der Waals surface area (Å²) in [6, 6.07) is 12.9. The number of H-pyrrole nitrogens is 1. The minimum Gasteiger partial charge on any atom is -0.324 e. The number of benzene rings is 1. The molecule has 0 saturated carbocycles. The van der Waals surface area contributed by atoms with E-state index in [1.165, 1.54) is 0 Å². The lowest BCUT2D eigenvalue weighted by Crippen LogP contribution is -2.01. The molecule has 0 spiro atoms. The van der Waals surface area contributed by atoms with Crippen molar-refractivity contribution < 1.29 is 0 Å². The molecule has 4 aromatic rings. The van der Waals surface area contributed by atoms with Crippen molar-refractivity contribution in [1.82, 2.24) is 24.8 Å². The Morgan fingerprint density at radius 3 is 2.96 bits per heavy atom. The molecular formula is C16H10ClN7. The molecule has 24 heavy (non-hydrogen) atoms. The summed E-state index contributed by atoms with van der Waals surface area (Å²) in [7, 11) is 0. The third kappa shape index (κ3) is 2.55. The molecule has 0 radical (unpaired) electrons. The molecule has 0 aliphatic carbocycles. The highest BCUT2D eigenvalue weighted by Crippen LogP contribution is 2.26. The Labute approximate surface area is 141 Å². The van der Waals surface area contributed by atoms with Crippen LogP contribution in [-0.4, -0.2) is 24.8 Å². The molecule has 8 heteroatoms. The summed E-state index contributed by atoms with van der Waals surface area (Å²) >= 11 is 6.03. The largest absolute Gasteiger partial charge is 0.324 e. The van der Waals surface area contributed by atoms with E-state index in [-0.39, 0.29) is 0 Å². The summed E-state index contributed by atoms with van der Waals surface area (Å²) < 4.78 is 1.66. The summed E-state index contributed by atoms with van der Waals surface area (Å²) in [4.78, 5) is 4.65.